The van der Waals surface area contributed by atoms with E-state index >= 15 is 0 Å². The molecular weight excluding hydrogens is 233 g/mol. The van der Waals surface area contributed by atoms with Crippen LogP contribution in [0.2, 0.25) is 10.2 Å². The van der Waals surface area contributed by atoms with Crippen LogP contribution in [0.15, 0.2) is 6.07 Å². The molecule has 0 aliphatic heterocycles. The van der Waals surface area contributed by atoms with Gasteiger partial charge >= 0.3 is 6.18 Å². The van der Waals surface area contributed by atoms with E-state index < -0.39 is 27.9 Å². The Balaban J connectivity index is 3.29. The number of halogens is 6. The maximum Gasteiger partial charge on any atom is 0.433 e. The number of hydrogen-bond donors (Lipinski definition) is 0. The van der Waals surface area contributed by atoms with E-state index in [1.165, 1.54) is 0 Å². The molecule has 0 amide bonds. The van der Waals surface area contributed by atoms with Crippen molar-refractivity contribution in [1.82, 2.24) is 4.98 Å². The first-order valence-corrected chi connectivity index (χ1v) is 3.66. The molecule has 0 N–H and O–H groups in total. The molecule has 0 fully saturated rings. The number of rotatable bonds is 0. The molecule has 1 rings (SSSR count). The summed E-state index contributed by atoms with van der Waals surface area (Å²) < 4.78 is 48.5. The lowest BCUT2D eigenvalue weighted by Gasteiger charge is -2.06. The van der Waals surface area contributed by atoms with Crippen LogP contribution in [-0.2, 0) is 6.18 Å². The zero-order chi connectivity index (χ0) is 10.2. The van der Waals surface area contributed by atoms with Crippen molar-refractivity contribution in [2.45, 2.75) is 6.18 Å². The van der Waals surface area contributed by atoms with Gasteiger partial charge in [0.1, 0.15) is 5.69 Å². The van der Waals surface area contributed by atoms with Gasteiger partial charge in [0, 0.05) is 0 Å². The smallest absolute Gasteiger partial charge is 0.228 e. The molecular formula is C6HCl2F4N. The Morgan fingerprint density at radius 1 is 1.23 bits per heavy atom. The van der Waals surface area contributed by atoms with Crippen LogP contribution in [0.1, 0.15) is 5.69 Å². The van der Waals surface area contributed by atoms with Crippen molar-refractivity contribution in [2.24, 2.45) is 0 Å². The normalized spacial score (nSPS) is 11.8. The van der Waals surface area contributed by atoms with E-state index in [2.05, 4.69) is 4.98 Å². The van der Waals surface area contributed by atoms with Crippen LogP contribution in [0.5, 0.6) is 0 Å². The second-order valence-corrected chi connectivity index (χ2v) is 2.86. The molecule has 7 heteroatoms. The molecule has 0 unspecified atom stereocenters. The van der Waals surface area contributed by atoms with E-state index in [1.54, 1.807) is 0 Å². The molecule has 0 bridgehead atoms. The summed E-state index contributed by atoms with van der Waals surface area (Å²) in [5.74, 6) is -1.16. The second-order valence-electron chi connectivity index (χ2n) is 2.09. The topological polar surface area (TPSA) is 12.9 Å². The highest BCUT2D eigenvalue weighted by molar-refractivity contribution is 6.34. The van der Waals surface area contributed by atoms with Gasteiger partial charge in [-0.15, -0.1) is 0 Å². The van der Waals surface area contributed by atoms with Crippen LogP contribution in [-0.4, -0.2) is 4.98 Å². The van der Waals surface area contributed by atoms with Crippen molar-refractivity contribution in [2.75, 3.05) is 0 Å². The molecule has 0 radical (unpaired) electrons. The van der Waals surface area contributed by atoms with Crippen LogP contribution in [0.25, 0.3) is 0 Å². The molecule has 0 aliphatic carbocycles. The van der Waals surface area contributed by atoms with Gasteiger partial charge in [0.05, 0.1) is 5.02 Å². The molecule has 13 heavy (non-hydrogen) atoms. The Bertz CT molecular complexity index is 313. The second kappa shape index (κ2) is 3.31. The largest absolute Gasteiger partial charge is 0.433 e. The first-order valence-electron chi connectivity index (χ1n) is 2.91. The van der Waals surface area contributed by atoms with E-state index in [-0.39, 0.29) is 0 Å². The van der Waals surface area contributed by atoms with Crippen molar-refractivity contribution in [3.05, 3.63) is 27.8 Å². The fraction of sp³-hybridized carbons (Fsp3) is 0.167. The predicted molar refractivity (Wildman–Crippen MR) is 39.2 cm³/mol. The van der Waals surface area contributed by atoms with Gasteiger partial charge in [0.2, 0.25) is 0 Å². The molecule has 0 saturated carbocycles. The van der Waals surface area contributed by atoms with E-state index in [4.69, 9.17) is 23.2 Å². The summed E-state index contributed by atoms with van der Waals surface area (Å²) in [5.41, 5.74) is -1.32. The third kappa shape index (κ3) is 2.22. The standard InChI is InChI=1S/C6HCl2F4N/c7-2-1-3(6(10,11)12)13-5(8)4(2)9/h1H. The van der Waals surface area contributed by atoms with Gasteiger partial charge in [0.15, 0.2) is 11.0 Å². The van der Waals surface area contributed by atoms with Crippen LogP contribution in [0.3, 0.4) is 0 Å². The van der Waals surface area contributed by atoms with Gasteiger partial charge in [0.25, 0.3) is 0 Å². The Kier molecular flexibility index (Phi) is 2.68. The minimum Gasteiger partial charge on any atom is -0.228 e. The highest BCUT2D eigenvalue weighted by Gasteiger charge is 2.34. The van der Waals surface area contributed by atoms with Gasteiger partial charge in [-0.1, -0.05) is 23.2 Å². The van der Waals surface area contributed by atoms with Gasteiger partial charge < -0.3 is 0 Å². The summed E-state index contributed by atoms with van der Waals surface area (Å²) in [4.78, 5) is 2.79. The van der Waals surface area contributed by atoms with Gasteiger partial charge in [-0.25, -0.2) is 9.37 Å². The summed E-state index contributed by atoms with van der Waals surface area (Å²) in [6, 6.07) is 0.378. The van der Waals surface area contributed by atoms with Gasteiger partial charge in [-0.2, -0.15) is 13.2 Å². The zero-order valence-electron chi connectivity index (χ0n) is 5.79. The Hall–Kier alpha value is -0.550. The van der Waals surface area contributed by atoms with Crippen LogP contribution in [0, 0.1) is 5.82 Å². The number of aromatic nitrogens is 1. The maximum absolute atomic E-state index is 12.6. The minimum absolute atomic E-state index is 0.378. The highest BCUT2D eigenvalue weighted by atomic mass is 35.5. The van der Waals surface area contributed by atoms with Crippen LogP contribution >= 0.6 is 23.2 Å². The predicted octanol–water partition coefficient (Wildman–Crippen LogP) is 3.55. The lowest BCUT2D eigenvalue weighted by Crippen LogP contribution is -2.08. The Morgan fingerprint density at radius 2 is 1.77 bits per heavy atom. The Labute approximate surface area is 80.3 Å². The fourth-order valence-electron chi connectivity index (χ4n) is 0.614. The van der Waals surface area contributed by atoms with E-state index in [9.17, 15) is 17.6 Å². The number of nitrogens with zero attached hydrogens (tertiary/aromatic N) is 1. The van der Waals surface area contributed by atoms with Gasteiger partial charge in [-0.05, 0) is 6.07 Å². The number of alkyl halides is 3. The average molecular weight is 234 g/mol. The van der Waals surface area contributed by atoms with Crippen molar-refractivity contribution in [1.29, 1.82) is 0 Å². The summed E-state index contributed by atoms with van der Waals surface area (Å²) in [6.45, 7) is 0. The van der Waals surface area contributed by atoms with E-state index in [1.807, 2.05) is 0 Å². The van der Waals surface area contributed by atoms with Crippen LogP contribution in [0.4, 0.5) is 17.6 Å². The van der Waals surface area contributed by atoms with Gasteiger partial charge in [-0.3, -0.25) is 0 Å². The quantitative estimate of drug-likeness (QED) is 0.494. The molecule has 0 aliphatic rings. The van der Waals surface area contributed by atoms with Crippen molar-refractivity contribution in [3.63, 3.8) is 0 Å². The molecule has 1 nitrogen and oxygen atoms in total. The summed E-state index contributed by atoms with van der Waals surface area (Å²) in [6.07, 6.45) is -4.68. The van der Waals surface area contributed by atoms with Crippen molar-refractivity contribution >= 4 is 23.2 Å². The first kappa shape index (κ1) is 10.5. The molecule has 0 aromatic carbocycles. The third-order valence-electron chi connectivity index (χ3n) is 1.16. The third-order valence-corrected chi connectivity index (χ3v) is 1.69. The maximum atomic E-state index is 12.6. The minimum atomic E-state index is -4.68. The fourth-order valence-corrected chi connectivity index (χ4v) is 1.05. The molecule has 0 atom stereocenters. The summed E-state index contributed by atoms with van der Waals surface area (Å²) in [5, 5.41) is -1.59. The molecule has 1 aromatic heterocycles. The zero-order valence-corrected chi connectivity index (χ0v) is 7.30. The first-order chi connectivity index (χ1) is 5.82. The highest BCUT2D eigenvalue weighted by Crippen LogP contribution is 2.32. The summed E-state index contributed by atoms with van der Waals surface area (Å²) in [7, 11) is 0. The Morgan fingerprint density at radius 3 is 2.15 bits per heavy atom. The average Bonchev–Trinajstić information content (AvgIpc) is 1.97. The molecule has 1 aromatic rings. The molecule has 0 spiro atoms. The molecule has 1 heterocycles. The number of pyridine rings is 1. The number of hydrogen-bond acceptors (Lipinski definition) is 1. The lowest BCUT2D eigenvalue weighted by molar-refractivity contribution is -0.141. The molecule has 0 saturated heterocycles. The van der Waals surface area contributed by atoms with E-state index in [0.717, 1.165) is 0 Å². The lowest BCUT2D eigenvalue weighted by atomic mass is 10.3. The molecule has 72 valence electrons. The monoisotopic (exact) mass is 233 g/mol. The van der Waals surface area contributed by atoms with Crippen LogP contribution < -0.4 is 0 Å². The van der Waals surface area contributed by atoms with E-state index in [0.29, 0.717) is 6.07 Å². The van der Waals surface area contributed by atoms with Crippen molar-refractivity contribution < 1.29 is 17.6 Å². The van der Waals surface area contributed by atoms with Crippen molar-refractivity contribution in [3.8, 4) is 0 Å². The SMILES string of the molecule is Fc1c(Cl)cc(C(F)(F)F)nc1Cl. The summed E-state index contributed by atoms with van der Waals surface area (Å²) >= 11 is 10.2.